The first kappa shape index (κ1) is 15.4. The molecule has 2 aliphatic rings. The second-order valence-electron chi connectivity index (χ2n) is 7.27. The fraction of sp³-hybridized carbons (Fsp3) is 1.00. The van der Waals surface area contributed by atoms with E-state index in [1.807, 2.05) is 0 Å². The van der Waals surface area contributed by atoms with Gasteiger partial charge in [-0.3, -0.25) is 0 Å². The molecule has 0 radical (unpaired) electrons. The van der Waals surface area contributed by atoms with Crippen molar-refractivity contribution in [2.45, 2.75) is 109 Å². The Balaban J connectivity index is 1.82. The highest BCUT2D eigenvalue weighted by Gasteiger charge is 2.21. The predicted molar refractivity (Wildman–Crippen MR) is 85.5 cm³/mol. The summed E-state index contributed by atoms with van der Waals surface area (Å²) in [5.74, 6) is 2.19. The van der Waals surface area contributed by atoms with Crippen LogP contribution in [0.2, 0.25) is 0 Å². The summed E-state index contributed by atoms with van der Waals surface area (Å²) in [6.45, 7) is 0. The van der Waals surface area contributed by atoms with Gasteiger partial charge in [0.25, 0.3) is 0 Å². The lowest BCUT2D eigenvalue weighted by Gasteiger charge is -2.28. The van der Waals surface area contributed by atoms with Crippen molar-refractivity contribution in [1.29, 1.82) is 0 Å². The molecule has 112 valence electrons. The first-order chi connectivity index (χ1) is 9.47. The minimum absolute atomic E-state index is 1.09. The Bertz CT molecular complexity index is 188. The smallest absolute Gasteiger partial charge is 0.0386 e. The van der Waals surface area contributed by atoms with Crippen LogP contribution in [0.15, 0.2) is 0 Å². The number of hydrogen-bond donors (Lipinski definition) is 0. The van der Waals surface area contributed by atoms with E-state index in [4.69, 9.17) is 0 Å². The van der Waals surface area contributed by atoms with Gasteiger partial charge in [0.05, 0.1) is 0 Å². The lowest BCUT2D eigenvalue weighted by Crippen LogP contribution is -2.16. The zero-order valence-corrected chi connectivity index (χ0v) is 13.2. The van der Waals surface area contributed by atoms with E-state index < -0.39 is 0 Å². The fourth-order valence-corrected chi connectivity index (χ4v) is 4.45. The summed E-state index contributed by atoms with van der Waals surface area (Å²) in [6.07, 6.45) is 26.0. The normalized spacial score (nSPS) is 27.2. The molecule has 2 aliphatic carbocycles. The van der Waals surface area contributed by atoms with Gasteiger partial charge in [0.1, 0.15) is 0 Å². The highest BCUT2D eigenvalue weighted by molar-refractivity contribution is 4.73. The Morgan fingerprint density at radius 1 is 0.263 bits per heavy atom. The molecule has 0 aromatic heterocycles. The molecule has 0 nitrogen and oxygen atoms in total. The molecule has 0 bridgehead atoms. The van der Waals surface area contributed by atoms with Crippen molar-refractivity contribution in [2.75, 3.05) is 0 Å². The third-order valence-corrected chi connectivity index (χ3v) is 5.72. The average Bonchev–Trinajstić information content (AvgIpc) is 2.58. The quantitative estimate of drug-likeness (QED) is 0.484. The van der Waals surface area contributed by atoms with Gasteiger partial charge >= 0.3 is 0 Å². The minimum atomic E-state index is 1.09. The standard InChI is InChI=1S/C19H36/c1-2-6-10-14-18(15-11-7-3-1)19-16-12-8-4-5-9-13-17-19/h18-19H,1-17H2. The topological polar surface area (TPSA) is 0 Å². The monoisotopic (exact) mass is 264 g/mol. The molecule has 0 atom stereocenters. The van der Waals surface area contributed by atoms with Crippen LogP contribution in [-0.4, -0.2) is 0 Å². The maximum absolute atomic E-state index is 1.56. The summed E-state index contributed by atoms with van der Waals surface area (Å²) < 4.78 is 0. The summed E-state index contributed by atoms with van der Waals surface area (Å²) in [4.78, 5) is 0. The fourth-order valence-electron chi connectivity index (χ4n) is 4.45. The Hall–Kier alpha value is 0. The number of rotatable bonds is 1. The molecular weight excluding hydrogens is 228 g/mol. The molecule has 0 amide bonds. The van der Waals surface area contributed by atoms with Gasteiger partial charge in [0.2, 0.25) is 0 Å². The first-order valence-electron chi connectivity index (χ1n) is 9.47. The van der Waals surface area contributed by atoms with Gasteiger partial charge in [-0.05, 0) is 11.8 Å². The van der Waals surface area contributed by atoms with Gasteiger partial charge < -0.3 is 0 Å². The molecule has 0 saturated heterocycles. The van der Waals surface area contributed by atoms with Crippen molar-refractivity contribution < 1.29 is 0 Å². The van der Waals surface area contributed by atoms with Crippen LogP contribution < -0.4 is 0 Å². The van der Waals surface area contributed by atoms with Crippen molar-refractivity contribution in [1.82, 2.24) is 0 Å². The summed E-state index contributed by atoms with van der Waals surface area (Å²) in [5, 5.41) is 0. The Morgan fingerprint density at radius 2 is 0.474 bits per heavy atom. The predicted octanol–water partition coefficient (Wildman–Crippen LogP) is 6.88. The molecule has 0 heteroatoms. The van der Waals surface area contributed by atoms with E-state index in [-0.39, 0.29) is 0 Å². The molecule has 0 aromatic rings. The average molecular weight is 264 g/mol. The van der Waals surface area contributed by atoms with E-state index in [0.717, 1.165) is 11.8 Å². The molecule has 0 aliphatic heterocycles. The summed E-state index contributed by atoms with van der Waals surface area (Å²) in [6, 6.07) is 0. The third kappa shape index (κ3) is 6.32. The summed E-state index contributed by atoms with van der Waals surface area (Å²) in [7, 11) is 0. The maximum atomic E-state index is 1.56. The van der Waals surface area contributed by atoms with E-state index >= 15 is 0 Å². The molecule has 2 saturated carbocycles. The molecule has 0 unspecified atom stereocenters. The maximum Gasteiger partial charge on any atom is -0.0386 e. The molecule has 0 spiro atoms. The van der Waals surface area contributed by atoms with Crippen LogP contribution in [-0.2, 0) is 0 Å². The van der Waals surface area contributed by atoms with Gasteiger partial charge in [0.15, 0.2) is 0 Å². The van der Waals surface area contributed by atoms with E-state index in [0.29, 0.717) is 0 Å². The van der Waals surface area contributed by atoms with Crippen molar-refractivity contribution in [3.63, 3.8) is 0 Å². The van der Waals surface area contributed by atoms with Crippen LogP contribution in [0.25, 0.3) is 0 Å². The molecule has 0 heterocycles. The van der Waals surface area contributed by atoms with Crippen LogP contribution in [0.1, 0.15) is 109 Å². The van der Waals surface area contributed by atoms with Crippen LogP contribution >= 0.6 is 0 Å². The van der Waals surface area contributed by atoms with E-state index in [2.05, 4.69) is 0 Å². The first-order valence-corrected chi connectivity index (χ1v) is 9.47. The third-order valence-electron chi connectivity index (χ3n) is 5.72. The highest BCUT2D eigenvalue weighted by Crippen LogP contribution is 2.34. The van der Waals surface area contributed by atoms with Crippen molar-refractivity contribution >= 4 is 0 Å². The van der Waals surface area contributed by atoms with Crippen LogP contribution in [0, 0.1) is 11.8 Å². The SMILES string of the molecule is C1CCCCC(C2CCCCCCCC2)CCCC1. The molecule has 0 aromatic carbocycles. The van der Waals surface area contributed by atoms with Gasteiger partial charge in [-0.2, -0.15) is 0 Å². The molecule has 0 N–H and O–H groups in total. The Kier molecular flexibility index (Phi) is 7.97. The minimum Gasteiger partial charge on any atom is -0.0533 e. The second kappa shape index (κ2) is 9.83. The highest BCUT2D eigenvalue weighted by atomic mass is 14.3. The second-order valence-corrected chi connectivity index (χ2v) is 7.27. The molecular formula is C19H36. The number of hydrogen-bond acceptors (Lipinski definition) is 0. The lowest BCUT2D eigenvalue weighted by atomic mass is 9.78. The zero-order chi connectivity index (χ0) is 13.2. The van der Waals surface area contributed by atoms with E-state index in [1.165, 1.54) is 83.5 Å². The van der Waals surface area contributed by atoms with Gasteiger partial charge in [-0.25, -0.2) is 0 Å². The molecule has 2 rings (SSSR count). The van der Waals surface area contributed by atoms with Crippen molar-refractivity contribution in [3.05, 3.63) is 0 Å². The molecule has 19 heavy (non-hydrogen) atoms. The Morgan fingerprint density at radius 3 is 0.737 bits per heavy atom. The Labute approximate surface area is 121 Å². The van der Waals surface area contributed by atoms with Crippen LogP contribution in [0.3, 0.4) is 0 Å². The van der Waals surface area contributed by atoms with Gasteiger partial charge in [-0.1, -0.05) is 109 Å². The van der Waals surface area contributed by atoms with E-state index in [1.54, 1.807) is 25.7 Å². The van der Waals surface area contributed by atoms with Gasteiger partial charge in [-0.15, -0.1) is 0 Å². The summed E-state index contributed by atoms with van der Waals surface area (Å²) >= 11 is 0. The van der Waals surface area contributed by atoms with Crippen molar-refractivity contribution in [3.8, 4) is 0 Å². The van der Waals surface area contributed by atoms with Crippen LogP contribution in [0.5, 0.6) is 0 Å². The summed E-state index contributed by atoms with van der Waals surface area (Å²) in [5.41, 5.74) is 0. The van der Waals surface area contributed by atoms with Gasteiger partial charge in [0, 0.05) is 0 Å². The molecule has 2 fully saturated rings. The van der Waals surface area contributed by atoms with Crippen LogP contribution in [0.4, 0.5) is 0 Å². The zero-order valence-electron chi connectivity index (χ0n) is 13.2. The van der Waals surface area contributed by atoms with Crippen molar-refractivity contribution in [2.24, 2.45) is 11.8 Å². The lowest BCUT2D eigenvalue weighted by molar-refractivity contribution is 0.238. The van der Waals surface area contributed by atoms with E-state index in [9.17, 15) is 0 Å². The largest absolute Gasteiger partial charge is 0.0533 e.